The maximum Gasteiger partial charge on any atom is 0.326 e. The number of nitrogens with one attached hydrogen (secondary N) is 2. The maximum atomic E-state index is 12.9. The number of carbonyl (C=O) groups excluding carboxylic acids is 1. The number of aliphatic carboxylic acids is 1. The van der Waals surface area contributed by atoms with Crippen molar-refractivity contribution < 1.29 is 19.1 Å². The number of hydrogen-bond donors (Lipinski definition) is 3. The third-order valence-corrected chi connectivity index (χ3v) is 2.26. The van der Waals surface area contributed by atoms with Crippen LogP contribution in [-0.2, 0) is 4.79 Å². The number of urea groups is 1. The molecule has 0 aliphatic heterocycles. The van der Waals surface area contributed by atoms with Crippen LogP contribution >= 0.6 is 0 Å². The first-order valence-electron chi connectivity index (χ1n) is 5.58. The largest absolute Gasteiger partial charge is 0.480 e. The van der Waals surface area contributed by atoms with Crippen molar-refractivity contribution in [1.29, 1.82) is 0 Å². The van der Waals surface area contributed by atoms with Gasteiger partial charge in [-0.05, 0) is 24.6 Å². The number of carbonyl (C=O) groups is 2. The highest BCUT2D eigenvalue weighted by atomic mass is 19.1. The molecule has 0 saturated carbocycles. The van der Waals surface area contributed by atoms with Gasteiger partial charge in [-0.2, -0.15) is 0 Å². The third kappa shape index (κ3) is 4.40. The van der Waals surface area contributed by atoms with E-state index in [1.807, 2.05) is 6.92 Å². The lowest BCUT2D eigenvalue weighted by Gasteiger charge is -2.14. The van der Waals surface area contributed by atoms with Crippen molar-refractivity contribution in [3.8, 4) is 0 Å². The Balaban J connectivity index is 2.57. The van der Waals surface area contributed by atoms with Gasteiger partial charge in [0.25, 0.3) is 0 Å². The van der Waals surface area contributed by atoms with Gasteiger partial charge in [0.2, 0.25) is 0 Å². The van der Waals surface area contributed by atoms with E-state index in [9.17, 15) is 14.0 Å². The SMILES string of the molecule is CCC[C@H](NC(=O)Nc1cccc(F)c1)C(=O)O. The Bertz CT molecular complexity index is 437. The predicted octanol–water partition coefficient (Wildman–Crippen LogP) is 2.20. The van der Waals surface area contributed by atoms with E-state index in [-0.39, 0.29) is 5.69 Å². The number of carboxylic acids is 1. The van der Waals surface area contributed by atoms with Gasteiger partial charge in [-0.1, -0.05) is 19.4 Å². The van der Waals surface area contributed by atoms with E-state index in [1.165, 1.54) is 18.2 Å². The Morgan fingerprint density at radius 2 is 2.17 bits per heavy atom. The minimum Gasteiger partial charge on any atom is -0.480 e. The zero-order valence-corrected chi connectivity index (χ0v) is 9.94. The molecule has 0 unspecified atom stereocenters. The average molecular weight is 254 g/mol. The Morgan fingerprint density at radius 3 is 2.72 bits per heavy atom. The second kappa shape index (κ2) is 6.58. The van der Waals surface area contributed by atoms with Gasteiger partial charge in [0.05, 0.1) is 0 Å². The predicted molar refractivity (Wildman–Crippen MR) is 64.9 cm³/mol. The van der Waals surface area contributed by atoms with Crippen LogP contribution in [0.1, 0.15) is 19.8 Å². The summed E-state index contributed by atoms with van der Waals surface area (Å²) in [5, 5.41) is 13.5. The van der Waals surface area contributed by atoms with E-state index in [0.29, 0.717) is 12.8 Å². The molecular formula is C12H15FN2O3. The fourth-order valence-corrected chi connectivity index (χ4v) is 1.44. The van der Waals surface area contributed by atoms with Crippen LogP contribution < -0.4 is 10.6 Å². The monoisotopic (exact) mass is 254 g/mol. The molecule has 0 heterocycles. The van der Waals surface area contributed by atoms with Crippen molar-refractivity contribution in [2.75, 3.05) is 5.32 Å². The molecule has 0 bridgehead atoms. The molecule has 18 heavy (non-hydrogen) atoms. The number of benzene rings is 1. The number of rotatable bonds is 5. The molecule has 3 N–H and O–H groups in total. The maximum absolute atomic E-state index is 12.9. The molecule has 0 aliphatic carbocycles. The third-order valence-electron chi connectivity index (χ3n) is 2.26. The van der Waals surface area contributed by atoms with Gasteiger partial charge < -0.3 is 15.7 Å². The van der Waals surface area contributed by atoms with Gasteiger partial charge in [0.15, 0.2) is 0 Å². The summed E-state index contributed by atoms with van der Waals surface area (Å²) in [6.45, 7) is 1.82. The lowest BCUT2D eigenvalue weighted by molar-refractivity contribution is -0.139. The molecule has 98 valence electrons. The summed E-state index contributed by atoms with van der Waals surface area (Å²) in [5.74, 6) is -1.57. The highest BCUT2D eigenvalue weighted by Crippen LogP contribution is 2.09. The Labute approximate surface area is 104 Å². The van der Waals surface area contributed by atoms with Crippen molar-refractivity contribution >= 4 is 17.7 Å². The van der Waals surface area contributed by atoms with E-state index in [4.69, 9.17) is 5.11 Å². The van der Waals surface area contributed by atoms with Crippen LogP contribution in [0.3, 0.4) is 0 Å². The van der Waals surface area contributed by atoms with Crippen LogP contribution in [0.25, 0.3) is 0 Å². The molecule has 5 nitrogen and oxygen atoms in total. The summed E-state index contributed by atoms with van der Waals surface area (Å²) in [6.07, 6.45) is 0.975. The van der Waals surface area contributed by atoms with Crippen LogP contribution in [0, 0.1) is 5.82 Å². The van der Waals surface area contributed by atoms with Gasteiger partial charge in [0.1, 0.15) is 11.9 Å². The standard InChI is InChI=1S/C12H15FN2O3/c1-2-4-10(11(16)17)15-12(18)14-9-6-3-5-8(13)7-9/h3,5-7,10H,2,4H2,1H3,(H,16,17)(H2,14,15,18)/t10-/m0/s1. The highest BCUT2D eigenvalue weighted by Gasteiger charge is 2.18. The van der Waals surface area contributed by atoms with Gasteiger partial charge in [0, 0.05) is 5.69 Å². The second-order valence-corrected chi connectivity index (χ2v) is 3.79. The molecule has 0 aliphatic rings. The molecule has 1 atom stereocenters. The van der Waals surface area contributed by atoms with Crippen molar-refractivity contribution in [3.63, 3.8) is 0 Å². The zero-order chi connectivity index (χ0) is 13.5. The summed E-state index contributed by atoms with van der Waals surface area (Å²) in [5.41, 5.74) is 0.271. The molecule has 1 aromatic rings. The molecule has 0 aromatic heterocycles. The summed E-state index contributed by atoms with van der Waals surface area (Å²) in [6, 6.07) is 3.75. The number of hydrogen-bond acceptors (Lipinski definition) is 2. The van der Waals surface area contributed by atoms with E-state index in [1.54, 1.807) is 0 Å². The quantitative estimate of drug-likeness (QED) is 0.753. The van der Waals surface area contributed by atoms with E-state index in [0.717, 1.165) is 6.07 Å². The lowest BCUT2D eigenvalue weighted by Crippen LogP contribution is -2.42. The normalized spacial score (nSPS) is 11.7. The number of anilines is 1. The first kappa shape index (κ1) is 14.0. The van der Waals surface area contributed by atoms with Gasteiger partial charge in [-0.15, -0.1) is 0 Å². The average Bonchev–Trinajstić information content (AvgIpc) is 2.28. The second-order valence-electron chi connectivity index (χ2n) is 3.79. The molecule has 1 aromatic carbocycles. The molecule has 0 spiro atoms. The van der Waals surface area contributed by atoms with Crippen molar-refractivity contribution in [2.24, 2.45) is 0 Å². The Kier molecular flexibility index (Phi) is 5.10. The van der Waals surface area contributed by atoms with Crippen molar-refractivity contribution in [2.45, 2.75) is 25.8 Å². The fourth-order valence-electron chi connectivity index (χ4n) is 1.44. The van der Waals surface area contributed by atoms with E-state index < -0.39 is 23.9 Å². The van der Waals surface area contributed by atoms with Gasteiger partial charge >= 0.3 is 12.0 Å². The summed E-state index contributed by atoms with van der Waals surface area (Å²) >= 11 is 0. The van der Waals surface area contributed by atoms with Gasteiger partial charge in [-0.3, -0.25) is 0 Å². The van der Waals surface area contributed by atoms with Crippen LogP contribution in [0.4, 0.5) is 14.9 Å². The summed E-state index contributed by atoms with van der Waals surface area (Å²) < 4.78 is 12.9. The zero-order valence-electron chi connectivity index (χ0n) is 9.94. The van der Waals surface area contributed by atoms with E-state index in [2.05, 4.69) is 10.6 Å². The first-order chi connectivity index (χ1) is 8.52. The summed E-state index contributed by atoms with van der Waals surface area (Å²) in [4.78, 5) is 22.3. The van der Waals surface area contributed by atoms with Crippen LogP contribution in [0.5, 0.6) is 0 Å². The molecular weight excluding hydrogens is 239 g/mol. The van der Waals surface area contributed by atoms with Crippen molar-refractivity contribution in [3.05, 3.63) is 30.1 Å². The molecule has 6 heteroatoms. The number of carboxylic acid groups (broad SMARTS) is 1. The topological polar surface area (TPSA) is 78.4 Å². The minimum atomic E-state index is -1.09. The summed E-state index contributed by atoms with van der Waals surface area (Å²) in [7, 11) is 0. The fraction of sp³-hybridized carbons (Fsp3) is 0.333. The molecule has 2 amide bonds. The van der Waals surface area contributed by atoms with Crippen LogP contribution in [0.2, 0.25) is 0 Å². The number of halogens is 1. The smallest absolute Gasteiger partial charge is 0.326 e. The molecule has 0 radical (unpaired) electrons. The Hall–Kier alpha value is -2.11. The van der Waals surface area contributed by atoms with Crippen molar-refractivity contribution in [1.82, 2.24) is 5.32 Å². The minimum absolute atomic E-state index is 0.271. The Morgan fingerprint density at radius 1 is 1.44 bits per heavy atom. The van der Waals surface area contributed by atoms with Crippen LogP contribution in [-0.4, -0.2) is 23.1 Å². The van der Waals surface area contributed by atoms with Gasteiger partial charge in [-0.25, -0.2) is 14.0 Å². The highest BCUT2D eigenvalue weighted by molar-refractivity contribution is 5.92. The molecule has 0 fully saturated rings. The number of amides is 2. The molecule has 0 saturated heterocycles. The lowest BCUT2D eigenvalue weighted by atomic mass is 10.2. The first-order valence-corrected chi connectivity index (χ1v) is 5.58. The van der Waals surface area contributed by atoms with Crippen LogP contribution in [0.15, 0.2) is 24.3 Å². The molecule has 1 rings (SSSR count). The van der Waals surface area contributed by atoms with E-state index >= 15 is 0 Å².